The molecule has 0 aliphatic carbocycles. The van der Waals surface area contributed by atoms with E-state index in [0.717, 1.165) is 9.49 Å². The number of rotatable bonds is 1. The third-order valence-electron chi connectivity index (χ3n) is 1.43. The summed E-state index contributed by atoms with van der Waals surface area (Å²) >= 11 is 2.91. The Bertz CT molecular complexity index is 284. The molecule has 12 heavy (non-hydrogen) atoms. The van der Waals surface area contributed by atoms with Gasteiger partial charge in [0.25, 0.3) is 0 Å². The lowest BCUT2D eigenvalue weighted by Crippen LogP contribution is -2.16. The van der Waals surface area contributed by atoms with E-state index in [1.807, 2.05) is 19.1 Å². The number of carboxylic acid groups (broad SMARTS) is 1. The first-order valence-electron chi connectivity index (χ1n) is 3.37. The van der Waals surface area contributed by atoms with Crippen molar-refractivity contribution < 1.29 is 9.90 Å². The van der Waals surface area contributed by atoms with Gasteiger partial charge >= 0.3 is 6.09 Å². The van der Waals surface area contributed by atoms with E-state index >= 15 is 0 Å². The molecular weight excluding hydrogens is 222 g/mol. The molecule has 1 amide bonds. The van der Waals surface area contributed by atoms with Crippen LogP contribution in [0.3, 0.4) is 0 Å². The van der Waals surface area contributed by atoms with E-state index in [0.29, 0.717) is 5.69 Å². The van der Waals surface area contributed by atoms with Crippen molar-refractivity contribution >= 4 is 27.9 Å². The van der Waals surface area contributed by atoms with Gasteiger partial charge in [0.15, 0.2) is 0 Å². The highest BCUT2D eigenvalue weighted by atomic mass is 79.9. The summed E-state index contributed by atoms with van der Waals surface area (Å²) in [6, 6.07) is 7.18. The number of hydrogen-bond donors (Lipinski definition) is 1. The lowest BCUT2D eigenvalue weighted by molar-refractivity contribution is 0.207. The highest BCUT2D eigenvalue weighted by Gasteiger charge is 2.08. The number of benzene rings is 1. The van der Waals surface area contributed by atoms with Gasteiger partial charge in [0.1, 0.15) is 0 Å². The van der Waals surface area contributed by atoms with Crippen LogP contribution in [0.5, 0.6) is 0 Å². The number of carbonyl (C=O) groups is 1. The summed E-state index contributed by atoms with van der Waals surface area (Å²) in [5.41, 5.74) is 1.71. The molecule has 0 heterocycles. The van der Waals surface area contributed by atoms with E-state index in [4.69, 9.17) is 5.11 Å². The summed E-state index contributed by atoms with van der Waals surface area (Å²) in [7, 11) is 0. The van der Waals surface area contributed by atoms with E-state index in [1.54, 1.807) is 12.1 Å². The zero-order valence-corrected chi connectivity index (χ0v) is 8.08. The standard InChI is InChI=1S/C8H8BrNO2/c1-6-2-4-7(5-3-6)10(9)8(11)12/h2-5H,1H3,(H,11,12). The maximum Gasteiger partial charge on any atom is 0.422 e. The molecule has 0 radical (unpaired) electrons. The molecular formula is C8H8BrNO2. The molecule has 0 saturated heterocycles. The van der Waals surface area contributed by atoms with Crippen LogP contribution in [0.2, 0.25) is 0 Å². The minimum Gasteiger partial charge on any atom is -0.464 e. The molecule has 0 fully saturated rings. The monoisotopic (exact) mass is 229 g/mol. The normalized spacial score (nSPS) is 9.50. The Morgan fingerprint density at radius 2 is 1.92 bits per heavy atom. The van der Waals surface area contributed by atoms with Gasteiger partial charge in [-0.15, -0.1) is 0 Å². The van der Waals surface area contributed by atoms with Gasteiger partial charge in [0.05, 0.1) is 21.8 Å². The van der Waals surface area contributed by atoms with E-state index in [1.165, 1.54) is 0 Å². The van der Waals surface area contributed by atoms with Crippen molar-refractivity contribution in [1.29, 1.82) is 0 Å². The second kappa shape index (κ2) is 3.58. The van der Waals surface area contributed by atoms with Gasteiger partial charge in [-0.25, -0.2) is 8.72 Å². The Balaban J connectivity index is 2.89. The average molecular weight is 230 g/mol. The highest BCUT2D eigenvalue weighted by Crippen LogP contribution is 2.18. The van der Waals surface area contributed by atoms with Crippen LogP contribution in [0.25, 0.3) is 0 Å². The fourth-order valence-electron chi connectivity index (χ4n) is 0.786. The topological polar surface area (TPSA) is 40.5 Å². The largest absolute Gasteiger partial charge is 0.464 e. The number of nitrogens with zero attached hydrogens (tertiary/aromatic N) is 1. The molecule has 64 valence electrons. The van der Waals surface area contributed by atoms with E-state index < -0.39 is 6.09 Å². The predicted molar refractivity (Wildman–Crippen MR) is 50.6 cm³/mol. The Morgan fingerprint density at radius 1 is 1.42 bits per heavy atom. The van der Waals surface area contributed by atoms with Crippen molar-refractivity contribution in [3.05, 3.63) is 29.8 Å². The van der Waals surface area contributed by atoms with Crippen molar-refractivity contribution in [3.8, 4) is 0 Å². The minimum atomic E-state index is -1.03. The number of halogens is 1. The van der Waals surface area contributed by atoms with Gasteiger partial charge in [-0.3, -0.25) is 0 Å². The minimum absolute atomic E-state index is 0.605. The number of hydrogen-bond acceptors (Lipinski definition) is 1. The fraction of sp³-hybridized carbons (Fsp3) is 0.125. The maximum atomic E-state index is 10.5. The molecule has 0 atom stereocenters. The fourth-order valence-corrected chi connectivity index (χ4v) is 1.02. The van der Waals surface area contributed by atoms with Crippen LogP contribution < -0.4 is 3.93 Å². The predicted octanol–water partition coefficient (Wildman–Crippen LogP) is 2.79. The summed E-state index contributed by atoms with van der Waals surface area (Å²) in [6.45, 7) is 1.95. The van der Waals surface area contributed by atoms with Crippen LogP contribution in [0, 0.1) is 6.92 Å². The molecule has 0 unspecified atom stereocenters. The Morgan fingerprint density at radius 3 is 2.33 bits per heavy atom. The van der Waals surface area contributed by atoms with Crippen LogP contribution in [0.15, 0.2) is 24.3 Å². The highest BCUT2D eigenvalue weighted by molar-refractivity contribution is 9.10. The first kappa shape index (κ1) is 9.06. The SMILES string of the molecule is Cc1ccc(N(Br)C(=O)O)cc1. The van der Waals surface area contributed by atoms with E-state index in [9.17, 15) is 4.79 Å². The lowest BCUT2D eigenvalue weighted by Gasteiger charge is -2.09. The number of amides is 1. The molecule has 0 aliphatic rings. The zero-order valence-electron chi connectivity index (χ0n) is 6.49. The molecule has 0 spiro atoms. The first-order valence-corrected chi connectivity index (χ1v) is 4.07. The summed E-state index contributed by atoms with van der Waals surface area (Å²) in [5.74, 6) is 0. The van der Waals surface area contributed by atoms with E-state index in [2.05, 4.69) is 16.1 Å². The second-order valence-corrected chi connectivity index (χ2v) is 3.11. The first-order chi connectivity index (χ1) is 5.61. The lowest BCUT2D eigenvalue weighted by atomic mass is 10.2. The molecule has 1 aromatic carbocycles. The molecule has 0 bridgehead atoms. The van der Waals surface area contributed by atoms with Gasteiger partial charge in [-0.1, -0.05) is 17.7 Å². The van der Waals surface area contributed by atoms with Gasteiger partial charge in [0, 0.05) is 0 Å². The van der Waals surface area contributed by atoms with Gasteiger partial charge in [-0.2, -0.15) is 0 Å². The quantitative estimate of drug-likeness (QED) is 0.753. The van der Waals surface area contributed by atoms with Crippen LogP contribution in [-0.2, 0) is 0 Å². The van der Waals surface area contributed by atoms with Gasteiger partial charge in [-0.05, 0) is 19.1 Å². The molecule has 0 aliphatic heterocycles. The maximum absolute atomic E-state index is 10.5. The summed E-state index contributed by atoms with van der Waals surface area (Å²) in [5, 5.41) is 8.58. The Kier molecular flexibility index (Phi) is 2.70. The number of aryl methyl sites for hydroxylation is 1. The van der Waals surface area contributed by atoms with Crippen LogP contribution in [0.1, 0.15) is 5.56 Å². The molecule has 0 saturated carbocycles. The van der Waals surface area contributed by atoms with Gasteiger partial charge in [0.2, 0.25) is 0 Å². The smallest absolute Gasteiger partial charge is 0.422 e. The number of anilines is 1. The third kappa shape index (κ3) is 1.98. The van der Waals surface area contributed by atoms with Crippen LogP contribution in [-0.4, -0.2) is 11.2 Å². The van der Waals surface area contributed by atoms with Crippen molar-refractivity contribution in [2.45, 2.75) is 6.92 Å². The molecule has 4 heteroatoms. The Hall–Kier alpha value is -1.03. The van der Waals surface area contributed by atoms with E-state index in [-0.39, 0.29) is 0 Å². The zero-order chi connectivity index (χ0) is 9.14. The third-order valence-corrected chi connectivity index (χ3v) is 2.14. The average Bonchev–Trinajstić information content (AvgIpc) is 2.04. The molecule has 0 aromatic heterocycles. The van der Waals surface area contributed by atoms with Crippen molar-refractivity contribution in [1.82, 2.24) is 0 Å². The summed E-state index contributed by atoms with van der Waals surface area (Å²) in [4.78, 5) is 10.5. The molecule has 1 N–H and O–H groups in total. The van der Waals surface area contributed by atoms with Crippen molar-refractivity contribution in [2.75, 3.05) is 3.93 Å². The van der Waals surface area contributed by atoms with Crippen LogP contribution in [0.4, 0.5) is 10.5 Å². The summed E-state index contributed by atoms with van der Waals surface area (Å²) in [6.07, 6.45) is -1.03. The van der Waals surface area contributed by atoms with Crippen molar-refractivity contribution in [2.24, 2.45) is 0 Å². The Labute approximate surface area is 79.0 Å². The second-order valence-electron chi connectivity index (χ2n) is 2.40. The molecule has 1 aromatic rings. The summed E-state index contributed by atoms with van der Waals surface area (Å²) < 4.78 is 0.992. The van der Waals surface area contributed by atoms with Crippen LogP contribution >= 0.6 is 16.1 Å². The molecule has 1 rings (SSSR count). The van der Waals surface area contributed by atoms with Crippen molar-refractivity contribution in [3.63, 3.8) is 0 Å². The molecule has 3 nitrogen and oxygen atoms in total. The van der Waals surface area contributed by atoms with Gasteiger partial charge < -0.3 is 5.11 Å².